The third kappa shape index (κ3) is 5.59. The van der Waals surface area contributed by atoms with Crippen LogP contribution in [0, 0.1) is 5.92 Å². The average Bonchev–Trinajstić information content (AvgIpc) is 2.92. The van der Waals surface area contributed by atoms with Gasteiger partial charge in [0, 0.05) is 19.0 Å². The Kier molecular flexibility index (Phi) is 8.20. The smallest absolute Gasteiger partial charge is 0.220 e. The summed E-state index contributed by atoms with van der Waals surface area (Å²) in [7, 11) is 3.28. The zero-order chi connectivity index (χ0) is 15.9. The number of benzene rings is 1. The second-order valence-corrected chi connectivity index (χ2v) is 5.84. The van der Waals surface area contributed by atoms with Crippen LogP contribution in [0.2, 0.25) is 0 Å². The van der Waals surface area contributed by atoms with E-state index in [1.165, 1.54) is 0 Å². The number of nitrogens with one attached hydrogen (secondary N) is 1. The summed E-state index contributed by atoms with van der Waals surface area (Å²) >= 11 is 0. The van der Waals surface area contributed by atoms with Gasteiger partial charge in [0.05, 0.1) is 14.2 Å². The van der Waals surface area contributed by atoms with E-state index in [0.29, 0.717) is 25.3 Å². The molecule has 2 rings (SSSR count). The van der Waals surface area contributed by atoms with E-state index in [0.717, 1.165) is 36.3 Å². The van der Waals surface area contributed by atoms with Gasteiger partial charge in [-0.1, -0.05) is 6.42 Å². The minimum atomic E-state index is 0. The molecule has 0 saturated heterocycles. The minimum Gasteiger partial charge on any atom is -0.497 e. The number of hydrogen-bond acceptors (Lipinski definition) is 4. The Morgan fingerprint density at radius 1 is 1.30 bits per heavy atom. The summed E-state index contributed by atoms with van der Waals surface area (Å²) in [4.78, 5) is 12.0. The first-order valence-corrected chi connectivity index (χ1v) is 7.87. The molecule has 0 aliphatic heterocycles. The van der Waals surface area contributed by atoms with Gasteiger partial charge in [-0.25, -0.2) is 0 Å². The van der Waals surface area contributed by atoms with Crippen molar-refractivity contribution in [1.82, 2.24) is 5.32 Å². The third-order valence-corrected chi connectivity index (χ3v) is 4.37. The van der Waals surface area contributed by atoms with Crippen LogP contribution in [0.4, 0.5) is 0 Å². The number of carbonyl (C=O) groups excluding carboxylic acids is 1. The molecule has 1 aliphatic rings. The summed E-state index contributed by atoms with van der Waals surface area (Å²) < 4.78 is 10.6. The van der Waals surface area contributed by atoms with Gasteiger partial charge in [0.15, 0.2) is 0 Å². The van der Waals surface area contributed by atoms with Crippen LogP contribution >= 0.6 is 12.4 Å². The molecule has 1 amide bonds. The van der Waals surface area contributed by atoms with Crippen LogP contribution in [-0.2, 0) is 11.2 Å². The van der Waals surface area contributed by atoms with Gasteiger partial charge in [-0.3, -0.25) is 4.79 Å². The largest absolute Gasteiger partial charge is 0.497 e. The molecule has 0 unspecified atom stereocenters. The lowest BCUT2D eigenvalue weighted by Crippen LogP contribution is -2.32. The Bertz CT molecular complexity index is 511. The maximum Gasteiger partial charge on any atom is 0.220 e. The zero-order valence-electron chi connectivity index (χ0n) is 13.8. The van der Waals surface area contributed by atoms with Crippen LogP contribution in [-0.4, -0.2) is 32.7 Å². The molecule has 0 bridgehead atoms. The fourth-order valence-corrected chi connectivity index (χ4v) is 3.04. The number of carbonyl (C=O) groups is 1. The van der Waals surface area contributed by atoms with Crippen molar-refractivity contribution in [2.75, 3.05) is 20.8 Å². The summed E-state index contributed by atoms with van der Waals surface area (Å²) in [5, 5.41) is 2.98. The molecule has 0 spiro atoms. The highest BCUT2D eigenvalue weighted by atomic mass is 35.5. The fraction of sp³-hybridized carbons (Fsp3) is 0.588. The van der Waals surface area contributed by atoms with Crippen LogP contribution in [0.25, 0.3) is 0 Å². The maximum atomic E-state index is 12.0. The molecule has 3 N–H and O–H groups in total. The Morgan fingerprint density at radius 3 is 2.70 bits per heavy atom. The third-order valence-electron chi connectivity index (χ3n) is 4.37. The van der Waals surface area contributed by atoms with Gasteiger partial charge in [0.1, 0.15) is 11.5 Å². The van der Waals surface area contributed by atoms with E-state index >= 15 is 0 Å². The van der Waals surface area contributed by atoms with Gasteiger partial charge in [0.2, 0.25) is 5.91 Å². The van der Waals surface area contributed by atoms with Gasteiger partial charge >= 0.3 is 0 Å². The van der Waals surface area contributed by atoms with Crippen LogP contribution in [0.1, 0.15) is 31.2 Å². The first kappa shape index (κ1) is 19.6. The molecule has 23 heavy (non-hydrogen) atoms. The molecule has 1 aromatic rings. The summed E-state index contributed by atoms with van der Waals surface area (Å²) in [6, 6.07) is 5.87. The second kappa shape index (κ2) is 9.63. The van der Waals surface area contributed by atoms with Crippen LogP contribution < -0.4 is 20.5 Å². The lowest BCUT2D eigenvalue weighted by atomic mass is 10.00. The van der Waals surface area contributed by atoms with E-state index < -0.39 is 0 Å². The van der Waals surface area contributed by atoms with Crippen molar-refractivity contribution >= 4 is 18.3 Å². The molecule has 5 nitrogen and oxygen atoms in total. The molecule has 0 radical (unpaired) electrons. The Hall–Kier alpha value is -1.46. The topological polar surface area (TPSA) is 73.6 Å². The molecular formula is C17H27ClN2O3. The Balaban J connectivity index is 0.00000264. The predicted octanol–water partition coefficient (Wildman–Crippen LogP) is 2.30. The van der Waals surface area contributed by atoms with E-state index in [1.807, 2.05) is 18.2 Å². The van der Waals surface area contributed by atoms with E-state index in [2.05, 4.69) is 5.32 Å². The van der Waals surface area contributed by atoms with Gasteiger partial charge in [0.25, 0.3) is 0 Å². The van der Waals surface area contributed by atoms with Crippen molar-refractivity contribution in [1.29, 1.82) is 0 Å². The first-order valence-electron chi connectivity index (χ1n) is 7.87. The Morgan fingerprint density at radius 2 is 2.09 bits per heavy atom. The van der Waals surface area contributed by atoms with Crippen molar-refractivity contribution in [2.24, 2.45) is 11.7 Å². The lowest BCUT2D eigenvalue weighted by Gasteiger charge is -2.15. The Labute approximate surface area is 144 Å². The van der Waals surface area contributed by atoms with Gasteiger partial charge in [-0.2, -0.15) is 0 Å². The monoisotopic (exact) mass is 342 g/mol. The summed E-state index contributed by atoms with van der Waals surface area (Å²) in [6.45, 7) is 0.588. The molecule has 1 fully saturated rings. The van der Waals surface area contributed by atoms with Gasteiger partial charge in [-0.05, 0) is 48.9 Å². The summed E-state index contributed by atoms with van der Waals surface area (Å²) in [5.41, 5.74) is 7.03. The number of amides is 1. The lowest BCUT2D eigenvalue weighted by molar-refractivity contribution is -0.122. The van der Waals surface area contributed by atoms with Crippen molar-refractivity contribution in [2.45, 2.75) is 38.1 Å². The van der Waals surface area contributed by atoms with Gasteiger partial charge in [-0.15, -0.1) is 12.4 Å². The standard InChI is InChI=1S/C17H26N2O3.ClH/c1-21-14-6-7-16(22-2)13(10-14)8-9-19-17(20)11-12-4-3-5-15(12)18;/h6-7,10,12,15H,3-5,8-9,11,18H2,1-2H3,(H,19,20);1H/t12-,15+;/m0./s1. The maximum absolute atomic E-state index is 12.0. The highest BCUT2D eigenvalue weighted by molar-refractivity contribution is 5.85. The zero-order valence-corrected chi connectivity index (χ0v) is 14.7. The van der Waals surface area contributed by atoms with Gasteiger partial charge < -0.3 is 20.5 Å². The number of ether oxygens (including phenoxy) is 2. The molecule has 130 valence electrons. The average molecular weight is 343 g/mol. The van der Waals surface area contributed by atoms with Crippen molar-refractivity contribution in [3.8, 4) is 11.5 Å². The van der Waals surface area contributed by atoms with Crippen molar-refractivity contribution < 1.29 is 14.3 Å². The van der Waals surface area contributed by atoms with E-state index in [4.69, 9.17) is 15.2 Å². The number of rotatable bonds is 7. The van der Waals surface area contributed by atoms with E-state index in [1.54, 1.807) is 14.2 Å². The molecular weight excluding hydrogens is 316 g/mol. The minimum absolute atomic E-state index is 0. The second-order valence-electron chi connectivity index (χ2n) is 5.84. The fourth-order valence-electron chi connectivity index (χ4n) is 3.04. The highest BCUT2D eigenvalue weighted by Crippen LogP contribution is 2.27. The number of nitrogens with two attached hydrogens (primary N) is 1. The molecule has 1 aliphatic carbocycles. The number of methoxy groups -OCH3 is 2. The van der Waals surface area contributed by atoms with E-state index in [9.17, 15) is 4.79 Å². The van der Waals surface area contributed by atoms with Crippen molar-refractivity contribution in [3.05, 3.63) is 23.8 Å². The van der Waals surface area contributed by atoms with Crippen LogP contribution in [0.15, 0.2) is 18.2 Å². The molecule has 0 aromatic heterocycles. The normalized spacial score (nSPS) is 19.8. The van der Waals surface area contributed by atoms with E-state index in [-0.39, 0.29) is 24.4 Å². The summed E-state index contributed by atoms with van der Waals surface area (Å²) in [5.74, 6) is 2.03. The molecule has 1 aromatic carbocycles. The van der Waals surface area contributed by atoms with Crippen molar-refractivity contribution in [3.63, 3.8) is 0 Å². The molecule has 6 heteroatoms. The quantitative estimate of drug-likeness (QED) is 0.797. The predicted molar refractivity (Wildman–Crippen MR) is 93.4 cm³/mol. The van der Waals surface area contributed by atoms with Crippen LogP contribution in [0.3, 0.4) is 0 Å². The SMILES string of the molecule is COc1ccc(OC)c(CCNC(=O)C[C@@H]2CCC[C@H]2N)c1.Cl. The molecule has 2 atom stereocenters. The number of hydrogen-bond donors (Lipinski definition) is 2. The van der Waals surface area contributed by atoms with Crippen LogP contribution in [0.5, 0.6) is 11.5 Å². The molecule has 0 heterocycles. The number of halogens is 1. The first-order chi connectivity index (χ1) is 10.6. The summed E-state index contributed by atoms with van der Waals surface area (Å²) in [6.07, 6.45) is 4.50. The molecule has 1 saturated carbocycles. The highest BCUT2D eigenvalue weighted by Gasteiger charge is 2.25.